The third-order valence-electron chi connectivity index (χ3n) is 4.40. The zero-order valence-electron chi connectivity index (χ0n) is 15.5. The molecule has 6 nitrogen and oxygen atoms in total. The fourth-order valence-corrected chi connectivity index (χ4v) is 3.32. The number of hydrogen-bond donors (Lipinski definition) is 0. The lowest BCUT2D eigenvalue weighted by Crippen LogP contribution is -2.26. The van der Waals surface area contributed by atoms with Crippen molar-refractivity contribution in [3.63, 3.8) is 0 Å². The van der Waals surface area contributed by atoms with Crippen LogP contribution in [0.15, 0.2) is 65.5 Å². The van der Waals surface area contributed by atoms with E-state index in [0.717, 1.165) is 5.56 Å². The number of fused-ring (bicyclic) bond motifs is 1. The fourth-order valence-electron chi connectivity index (χ4n) is 3.17. The second kappa shape index (κ2) is 7.48. The molecule has 0 spiro atoms. The molecule has 142 valence electrons. The van der Waals surface area contributed by atoms with Crippen LogP contribution in [-0.2, 0) is 6.54 Å². The van der Waals surface area contributed by atoms with Gasteiger partial charge in [0.25, 0.3) is 0 Å². The highest BCUT2D eigenvalue weighted by Crippen LogP contribution is 2.29. The Balaban J connectivity index is 1.96. The van der Waals surface area contributed by atoms with Crippen LogP contribution in [0.1, 0.15) is 25.5 Å². The maximum Gasteiger partial charge on any atom is 0.331 e. The van der Waals surface area contributed by atoms with E-state index < -0.39 is 0 Å². The lowest BCUT2D eigenvalue weighted by atomic mass is 10.2. The lowest BCUT2D eigenvalue weighted by Gasteiger charge is -2.09. The van der Waals surface area contributed by atoms with E-state index >= 15 is 0 Å². The van der Waals surface area contributed by atoms with Gasteiger partial charge in [0.05, 0.1) is 6.54 Å². The van der Waals surface area contributed by atoms with Crippen molar-refractivity contribution in [2.45, 2.75) is 26.4 Å². The molecule has 0 aliphatic heterocycles. The van der Waals surface area contributed by atoms with Crippen LogP contribution in [0.25, 0.3) is 11.2 Å². The number of aromatic nitrogens is 4. The molecule has 4 aromatic rings. The smallest absolute Gasteiger partial charge is 0.331 e. The standard InChI is InChI=1S/C21H19ClN4O2/c1-14(2)26-18-17(25(21(26)27)13-15-9-5-3-6-10-15)19(24-20(22)23-18)28-16-11-7-4-8-12-16/h3-12,14H,13H2,1-2H3. The summed E-state index contributed by atoms with van der Waals surface area (Å²) < 4.78 is 9.24. The van der Waals surface area contributed by atoms with Crippen molar-refractivity contribution < 1.29 is 4.74 Å². The minimum absolute atomic E-state index is 0.0321. The molecule has 0 atom stereocenters. The van der Waals surface area contributed by atoms with Gasteiger partial charge in [0.2, 0.25) is 11.2 Å². The first kappa shape index (κ1) is 18.3. The van der Waals surface area contributed by atoms with Crippen LogP contribution in [0, 0.1) is 0 Å². The van der Waals surface area contributed by atoms with E-state index in [4.69, 9.17) is 16.3 Å². The molecule has 0 N–H and O–H groups in total. The summed E-state index contributed by atoms with van der Waals surface area (Å²) in [7, 11) is 0. The van der Waals surface area contributed by atoms with E-state index in [1.807, 2.05) is 74.5 Å². The molecule has 2 heterocycles. The zero-order chi connectivity index (χ0) is 19.7. The SMILES string of the molecule is CC(C)n1c(=O)n(Cc2ccccc2)c2c(Oc3ccccc3)nc(Cl)nc21. The Bertz CT molecular complexity index is 1170. The van der Waals surface area contributed by atoms with Crippen molar-refractivity contribution in [3.8, 4) is 11.6 Å². The van der Waals surface area contributed by atoms with E-state index in [1.165, 1.54) is 0 Å². The molecular formula is C21H19ClN4O2. The Hall–Kier alpha value is -3.12. The molecule has 0 fully saturated rings. The highest BCUT2D eigenvalue weighted by Gasteiger charge is 2.23. The number of rotatable bonds is 5. The van der Waals surface area contributed by atoms with Gasteiger partial charge in [-0.15, -0.1) is 0 Å². The Kier molecular flexibility index (Phi) is 4.88. The second-order valence-electron chi connectivity index (χ2n) is 6.70. The Morgan fingerprint density at radius 2 is 1.64 bits per heavy atom. The van der Waals surface area contributed by atoms with Crippen LogP contribution in [-0.4, -0.2) is 19.1 Å². The highest BCUT2D eigenvalue weighted by molar-refractivity contribution is 6.28. The number of hydrogen-bond acceptors (Lipinski definition) is 4. The second-order valence-corrected chi connectivity index (χ2v) is 7.04. The summed E-state index contributed by atoms with van der Waals surface area (Å²) in [6.45, 7) is 4.24. The average Bonchev–Trinajstić information content (AvgIpc) is 2.95. The minimum atomic E-state index is -0.177. The van der Waals surface area contributed by atoms with Gasteiger partial charge in [0, 0.05) is 6.04 Å². The summed E-state index contributed by atoms with van der Waals surface area (Å²) in [6, 6.07) is 18.9. The third kappa shape index (κ3) is 3.39. The number of imidazole rings is 1. The molecule has 2 aromatic heterocycles. The van der Waals surface area contributed by atoms with Gasteiger partial charge in [0.1, 0.15) is 5.75 Å². The van der Waals surface area contributed by atoms with Crippen molar-refractivity contribution in [2.75, 3.05) is 0 Å². The topological polar surface area (TPSA) is 61.9 Å². The summed E-state index contributed by atoms with van der Waals surface area (Å²) in [5.41, 5.74) is 1.80. The Morgan fingerprint density at radius 3 is 2.29 bits per heavy atom. The van der Waals surface area contributed by atoms with Gasteiger partial charge in [-0.25, -0.2) is 4.79 Å². The predicted octanol–water partition coefficient (Wildman–Crippen LogP) is 4.67. The first-order valence-corrected chi connectivity index (χ1v) is 9.37. The summed E-state index contributed by atoms with van der Waals surface area (Å²) >= 11 is 6.16. The number of para-hydroxylation sites is 1. The summed E-state index contributed by atoms with van der Waals surface area (Å²) in [5.74, 6) is 0.864. The van der Waals surface area contributed by atoms with E-state index in [9.17, 15) is 4.79 Å². The largest absolute Gasteiger partial charge is 0.437 e. The zero-order valence-corrected chi connectivity index (χ0v) is 16.3. The maximum absolute atomic E-state index is 13.2. The normalized spacial score (nSPS) is 11.3. The van der Waals surface area contributed by atoms with Crippen LogP contribution >= 0.6 is 11.6 Å². The van der Waals surface area contributed by atoms with Crippen LogP contribution < -0.4 is 10.4 Å². The van der Waals surface area contributed by atoms with Crippen molar-refractivity contribution in [1.29, 1.82) is 0 Å². The molecular weight excluding hydrogens is 376 g/mol. The van der Waals surface area contributed by atoms with E-state index in [-0.39, 0.29) is 22.9 Å². The molecule has 28 heavy (non-hydrogen) atoms. The van der Waals surface area contributed by atoms with E-state index in [1.54, 1.807) is 9.13 Å². The first-order valence-electron chi connectivity index (χ1n) is 8.99. The molecule has 0 radical (unpaired) electrons. The van der Waals surface area contributed by atoms with Crippen LogP contribution in [0.3, 0.4) is 0 Å². The highest BCUT2D eigenvalue weighted by atomic mass is 35.5. The summed E-state index contributed by atoms with van der Waals surface area (Å²) in [5, 5.41) is 0.0321. The number of benzene rings is 2. The predicted molar refractivity (Wildman–Crippen MR) is 109 cm³/mol. The maximum atomic E-state index is 13.2. The monoisotopic (exact) mass is 394 g/mol. The van der Waals surface area contributed by atoms with Crippen LogP contribution in [0.5, 0.6) is 11.6 Å². The van der Waals surface area contributed by atoms with Gasteiger partial charge in [-0.3, -0.25) is 9.13 Å². The van der Waals surface area contributed by atoms with Crippen LogP contribution in [0.2, 0.25) is 5.28 Å². The van der Waals surface area contributed by atoms with Crippen LogP contribution in [0.4, 0.5) is 0 Å². The average molecular weight is 395 g/mol. The molecule has 0 unspecified atom stereocenters. The van der Waals surface area contributed by atoms with Crippen molar-refractivity contribution in [3.05, 3.63) is 82.0 Å². The molecule has 0 amide bonds. The number of nitrogens with zero attached hydrogens (tertiary/aromatic N) is 4. The molecule has 7 heteroatoms. The van der Waals surface area contributed by atoms with Gasteiger partial charge in [0.15, 0.2) is 11.2 Å². The van der Waals surface area contributed by atoms with E-state index in [2.05, 4.69) is 9.97 Å². The number of halogens is 1. The van der Waals surface area contributed by atoms with Crippen molar-refractivity contribution in [1.82, 2.24) is 19.1 Å². The third-order valence-corrected chi connectivity index (χ3v) is 4.57. The molecule has 2 aromatic carbocycles. The Morgan fingerprint density at radius 1 is 1.00 bits per heavy atom. The Labute approximate surface area is 167 Å². The van der Waals surface area contributed by atoms with Gasteiger partial charge in [-0.2, -0.15) is 9.97 Å². The first-order chi connectivity index (χ1) is 13.5. The fraction of sp³-hybridized carbons (Fsp3) is 0.190. The quantitative estimate of drug-likeness (QED) is 0.461. The summed E-state index contributed by atoms with van der Waals surface area (Å²) in [6.07, 6.45) is 0. The van der Waals surface area contributed by atoms with E-state index in [0.29, 0.717) is 23.5 Å². The summed E-state index contributed by atoms with van der Waals surface area (Å²) in [4.78, 5) is 21.8. The van der Waals surface area contributed by atoms with Crippen molar-refractivity contribution in [2.24, 2.45) is 0 Å². The molecule has 4 rings (SSSR count). The van der Waals surface area contributed by atoms with Gasteiger partial charge in [-0.05, 0) is 43.1 Å². The molecule has 0 aliphatic rings. The van der Waals surface area contributed by atoms with Gasteiger partial charge >= 0.3 is 5.69 Å². The minimum Gasteiger partial charge on any atom is -0.437 e. The van der Waals surface area contributed by atoms with Gasteiger partial charge in [-0.1, -0.05) is 48.5 Å². The van der Waals surface area contributed by atoms with Gasteiger partial charge < -0.3 is 4.74 Å². The molecule has 0 saturated carbocycles. The molecule has 0 aliphatic carbocycles. The number of ether oxygens (including phenoxy) is 1. The molecule has 0 bridgehead atoms. The van der Waals surface area contributed by atoms with Crippen molar-refractivity contribution >= 4 is 22.8 Å². The molecule has 0 saturated heterocycles. The lowest BCUT2D eigenvalue weighted by molar-refractivity contribution is 0.465.